The normalized spacial score (nSPS) is 10.7. The first kappa shape index (κ1) is 8.38. The molecule has 0 atom stereocenters. The zero-order valence-corrected chi connectivity index (χ0v) is 7.64. The van der Waals surface area contributed by atoms with Crippen molar-refractivity contribution in [2.45, 2.75) is 6.92 Å². The highest BCUT2D eigenvalue weighted by atomic mass is 35.5. The third kappa shape index (κ3) is 1.47. The molecule has 0 N–H and O–H groups in total. The van der Waals surface area contributed by atoms with E-state index in [1.54, 1.807) is 0 Å². The van der Waals surface area contributed by atoms with E-state index in [1.165, 1.54) is 12.3 Å². The second-order valence-electron chi connectivity index (χ2n) is 2.82. The lowest BCUT2D eigenvalue weighted by atomic mass is 10.2. The Kier molecular flexibility index (Phi) is 1.88. The lowest BCUT2D eigenvalue weighted by Crippen LogP contribution is -1.89. The fourth-order valence-electron chi connectivity index (χ4n) is 1.22. The summed E-state index contributed by atoms with van der Waals surface area (Å²) >= 11 is 5.54. The number of aryl methyl sites for hydroxylation is 1. The molecule has 1 heterocycles. The maximum Gasteiger partial charge on any atom is 0.223 e. The summed E-state index contributed by atoms with van der Waals surface area (Å²) in [5.41, 5.74) is 1.11. The molecule has 0 aliphatic carbocycles. The molecule has 0 fully saturated rings. The van der Waals surface area contributed by atoms with Gasteiger partial charge in [-0.3, -0.25) is 0 Å². The zero-order valence-electron chi connectivity index (χ0n) is 6.88. The molecule has 13 heavy (non-hydrogen) atoms. The van der Waals surface area contributed by atoms with Gasteiger partial charge < -0.3 is 0 Å². The van der Waals surface area contributed by atoms with Crippen LogP contribution in [-0.4, -0.2) is 9.97 Å². The van der Waals surface area contributed by atoms with E-state index in [4.69, 9.17) is 11.6 Å². The van der Waals surface area contributed by atoms with Crippen LogP contribution in [0, 0.1) is 12.7 Å². The van der Waals surface area contributed by atoms with E-state index in [1.807, 2.05) is 13.0 Å². The van der Waals surface area contributed by atoms with Crippen LogP contribution in [0.2, 0.25) is 5.28 Å². The number of benzene rings is 1. The van der Waals surface area contributed by atoms with Crippen molar-refractivity contribution in [1.29, 1.82) is 0 Å². The summed E-state index contributed by atoms with van der Waals surface area (Å²) in [6.45, 7) is 1.82. The summed E-state index contributed by atoms with van der Waals surface area (Å²) in [7, 11) is 0. The Hall–Kier alpha value is -1.22. The van der Waals surface area contributed by atoms with Crippen LogP contribution in [0.1, 0.15) is 5.56 Å². The van der Waals surface area contributed by atoms with Gasteiger partial charge in [0.05, 0.1) is 0 Å². The molecule has 2 rings (SSSR count). The second kappa shape index (κ2) is 2.92. The summed E-state index contributed by atoms with van der Waals surface area (Å²) < 4.78 is 13.3. The molecule has 2 aromatic rings. The van der Waals surface area contributed by atoms with E-state index < -0.39 is 0 Å². The Balaban J connectivity index is 2.87. The molecule has 0 aliphatic rings. The Morgan fingerprint density at radius 3 is 2.92 bits per heavy atom. The molecule has 2 nitrogen and oxygen atoms in total. The van der Waals surface area contributed by atoms with E-state index in [9.17, 15) is 4.39 Å². The van der Waals surface area contributed by atoms with Crippen molar-refractivity contribution in [3.8, 4) is 0 Å². The van der Waals surface area contributed by atoms with Gasteiger partial charge in [-0.15, -0.1) is 0 Å². The van der Waals surface area contributed by atoms with Gasteiger partial charge in [-0.05, 0) is 36.2 Å². The van der Waals surface area contributed by atoms with Crippen molar-refractivity contribution < 1.29 is 4.39 Å². The molecule has 0 bridgehead atoms. The summed E-state index contributed by atoms with van der Waals surface area (Å²) in [6.07, 6.45) is 1.51. The quantitative estimate of drug-likeness (QED) is 0.606. The molecular formula is C9H6ClFN2. The van der Waals surface area contributed by atoms with Crippen molar-refractivity contribution in [1.82, 2.24) is 9.97 Å². The maximum atomic E-state index is 13.3. The zero-order chi connectivity index (χ0) is 9.42. The number of hydrogen-bond donors (Lipinski definition) is 0. The van der Waals surface area contributed by atoms with Crippen molar-refractivity contribution in [2.75, 3.05) is 0 Å². The van der Waals surface area contributed by atoms with Gasteiger partial charge >= 0.3 is 0 Å². The molecule has 0 amide bonds. The van der Waals surface area contributed by atoms with E-state index in [0.29, 0.717) is 5.39 Å². The first-order valence-corrected chi connectivity index (χ1v) is 4.13. The topological polar surface area (TPSA) is 25.8 Å². The first-order valence-electron chi connectivity index (χ1n) is 3.75. The maximum absolute atomic E-state index is 13.3. The lowest BCUT2D eigenvalue weighted by molar-refractivity contribution is 0.635. The molecule has 0 spiro atoms. The van der Waals surface area contributed by atoms with E-state index in [0.717, 1.165) is 5.56 Å². The van der Waals surface area contributed by atoms with Crippen LogP contribution in [0.5, 0.6) is 0 Å². The predicted octanol–water partition coefficient (Wildman–Crippen LogP) is 2.73. The molecular weight excluding hydrogens is 191 g/mol. The van der Waals surface area contributed by atoms with E-state index in [-0.39, 0.29) is 16.6 Å². The van der Waals surface area contributed by atoms with Crippen molar-refractivity contribution in [3.63, 3.8) is 0 Å². The Morgan fingerprint density at radius 2 is 2.15 bits per heavy atom. The molecule has 1 aromatic heterocycles. The van der Waals surface area contributed by atoms with E-state index >= 15 is 0 Å². The van der Waals surface area contributed by atoms with Crippen LogP contribution >= 0.6 is 11.6 Å². The highest BCUT2D eigenvalue weighted by Crippen LogP contribution is 2.18. The molecule has 1 aromatic carbocycles. The highest BCUT2D eigenvalue weighted by molar-refractivity contribution is 6.28. The largest absolute Gasteiger partial charge is 0.226 e. The number of halogens is 2. The summed E-state index contributed by atoms with van der Waals surface area (Å²) in [4.78, 5) is 7.57. The minimum atomic E-state index is -0.362. The molecule has 0 aliphatic heterocycles. The number of fused-ring (bicyclic) bond motifs is 1. The Labute approximate surface area is 79.4 Å². The van der Waals surface area contributed by atoms with Gasteiger partial charge in [0.2, 0.25) is 5.28 Å². The standard InChI is InChI=1S/C9H6ClFN2/c1-5-2-6-4-12-9(10)13-8(6)7(11)3-5/h2-4H,1H3. The van der Waals surface area contributed by atoms with Gasteiger partial charge in [0, 0.05) is 11.6 Å². The summed E-state index contributed by atoms with van der Waals surface area (Å²) in [6, 6.07) is 3.24. The first-order chi connectivity index (χ1) is 6.16. The molecule has 0 saturated carbocycles. The smallest absolute Gasteiger partial charge is 0.223 e. The predicted molar refractivity (Wildman–Crippen MR) is 49.2 cm³/mol. The fraction of sp³-hybridized carbons (Fsp3) is 0.111. The summed E-state index contributed by atoms with van der Waals surface area (Å²) in [5, 5.41) is 0.733. The van der Waals surface area contributed by atoms with Crippen molar-refractivity contribution in [2.24, 2.45) is 0 Å². The van der Waals surface area contributed by atoms with Gasteiger partial charge in [0.15, 0.2) is 0 Å². The van der Waals surface area contributed by atoms with Crippen LogP contribution in [0.3, 0.4) is 0 Å². The van der Waals surface area contributed by atoms with Gasteiger partial charge in [0.1, 0.15) is 11.3 Å². The SMILES string of the molecule is Cc1cc(F)c2nc(Cl)ncc2c1. The number of aromatic nitrogens is 2. The molecule has 4 heteroatoms. The number of rotatable bonds is 0. The van der Waals surface area contributed by atoms with Crippen molar-refractivity contribution in [3.05, 3.63) is 35.0 Å². The average molecular weight is 197 g/mol. The monoisotopic (exact) mass is 196 g/mol. The van der Waals surface area contributed by atoms with Crippen LogP contribution in [0.4, 0.5) is 4.39 Å². The molecule has 66 valence electrons. The second-order valence-corrected chi connectivity index (χ2v) is 3.16. The fourth-order valence-corrected chi connectivity index (χ4v) is 1.36. The third-order valence-electron chi connectivity index (χ3n) is 1.75. The van der Waals surface area contributed by atoms with Crippen LogP contribution in [0.25, 0.3) is 10.9 Å². The molecule has 0 unspecified atom stereocenters. The minimum absolute atomic E-state index is 0.0650. The van der Waals surface area contributed by atoms with Crippen LogP contribution < -0.4 is 0 Å². The van der Waals surface area contributed by atoms with Gasteiger partial charge in [-0.2, -0.15) is 0 Å². The minimum Gasteiger partial charge on any atom is -0.226 e. The molecule has 0 saturated heterocycles. The average Bonchev–Trinajstić information content (AvgIpc) is 2.06. The number of nitrogens with zero attached hydrogens (tertiary/aromatic N) is 2. The van der Waals surface area contributed by atoms with Gasteiger partial charge in [0.25, 0.3) is 0 Å². The van der Waals surface area contributed by atoms with Gasteiger partial charge in [-0.25, -0.2) is 14.4 Å². The lowest BCUT2D eigenvalue weighted by Gasteiger charge is -1.99. The molecule has 0 radical (unpaired) electrons. The van der Waals surface area contributed by atoms with Gasteiger partial charge in [-0.1, -0.05) is 0 Å². The third-order valence-corrected chi connectivity index (χ3v) is 1.93. The Bertz CT molecular complexity index is 470. The van der Waals surface area contributed by atoms with Crippen LogP contribution in [-0.2, 0) is 0 Å². The Morgan fingerprint density at radius 1 is 1.38 bits per heavy atom. The van der Waals surface area contributed by atoms with Crippen LogP contribution in [0.15, 0.2) is 18.3 Å². The van der Waals surface area contributed by atoms with Crippen molar-refractivity contribution >= 4 is 22.5 Å². The van der Waals surface area contributed by atoms with E-state index in [2.05, 4.69) is 9.97 Å². The summed E-state index contributed by atoms with van der Waals surface area (Å²) in [5.74, 6) is -0.362. The number of hydrogen-bond acceptors (Lipinski definition) is 2. The highest BCUT2D eigenvalue weighted by Gasteiger charge is 2.04.